The van der Waals surface area contributed by atoms with E-state index < -0.39 is 7.82 Å². The van der Waals surface area contributed by atoms with Gasteiger partial charge in [-0.1, -0.05) is 51.5 Å². The van der Waals surface area contributed by atoms with Crippen molar-refractivity contribution in [1.82, 2.24) is 0 Å². The first-order valence-corrected chi connectivity index (χ1v) is 10.3. The highest BCUT2D eigenvalue weighted by molar-refractivity contribution is 7.49. The maximum atomic E-state index is 13.1. The number of hydrogen-bond acceptors (Lipinski definition) is 5. The maximum Gasteiger partial charge on any atom is 0.530 e. The second kappa shape index (κ2) is 9.23. The summed E-state index contributed by atoms with van der Waals surface area (Å²) in [4.78, 5) is 0. The molecule has 0 aromatic heterocycles. The second-order valence-electron chi connectivity index (χ2n) is 5.88. The van der Waals surface area contributed by atoms with Crippen LogP contribution in [0.5, 0.6) is 11.5 Å². The highest BCUT2D eigenvalue weighted by atomic mass is 31.2. The zero-order chi connectivity index (χ0) is 18.3. The minimum Gasteiger partial charge on any atom is -0.507 e. The van der Waals surface area contributed by atoms with Crippen molar-refractivity contribution in [2.24, 2.45) is 0 Å². The Morgan fingerprint density at radius 3 is 2.12 bits per heavy atom. The molecular weight excluding hydrogens is 339 g/mol. The molecule has 2 rings (SSSR count). The molecule has 138 valence electrons. The highest BCUT2D eigenvalue weighted by Gasteiger charge is 2.30. The largest absolute Gasteiger partial charge is 0.530 e. The number of phosphoric ester groups is 1. The van der Waals surface area contributed by atoms with E-state index >= 15 is 0 Å². The molecular formula is C19H27O5P. The van der Waals surface area contributed by atoms with Gasteiger partial charge in [0.05, 0.1) is 13.2 Å². The number of phosphoric acid groups is 1. The molecule has 6 heteroatoms. The molecule has 0 aliphatic carbocycles. The minimum atomic E-state index is -3.73. The predicted molar refractivity (Wildman–Crippen MR) is 100 cm³/mol. The summed E-state index contributed by atoms with van der Waals surface area (Å²) >= 11 is 0. The van der Waals surface area contributed by atoms with E-state index in [2.05, 4.69) is 0 Å². The van der Waals surface area contributed by atoms with E-state index in [0.717, 1.165) is 12.0 Å². The third kappa shape index (κ3) is 4.97. The Labute approximate surface area is 149 Å². The van der Waals surface area contributed by atoms with Gasteiger partial charge in [0.1, 0.15) is 11.5 Å². The van der Waals surface area contributed by atoms with Crippen LogP contribution in [-0.4, -0.2) is 18.3 Å². The van der Waals surface area contributed by atoms with Crippen molar-refractivity contribution in [2.75, 3.05) is 13.2 Å². The van der Waals surface area contributed by atoms with Crippen molar-refractivity contribution < 1.29 is 23.2 Å². The number of aromatic hydroxyl groups is 1. The lowest BCUT2D eigenvalue weighted by Gasteiger charge is -2.21. The van der Waals surface area contributed by atoms with Crippen LogP contribution in [0.25, 0.3) is 10.8 Å². The monoisotopic (exact) mass is 366 g/mol. The fraction of sp³-hybridized carbons (Fsp3) is 0.474. The Morgan fingerprint density at radius 2 is 1.56 bits per heavy atom. The van der Waals surface area contributed by atoms with Crippen LogP contribution in [0.15, 0.2) is 30.3 Å². The molecule has 0 spiro atoms. The van der Waals surface area contributed by atoms with Gasteiger partial charge in [0, 0.05) is 10.8 Å². The third-order valence-electron chi connectivity index (χ3n) is 3.68. The van der Waals surface area contributed by atoms with E-state index in [9.17, 15) is 9.67 Å². The zero-order valence-electron chi connectivity index (χ0n) is 15.2. The van der Waals surface area contributed by atoms with Gasteiger partial charge in [0.2, 0.25) is 0 Å². The molecule has 0 aliphatic heterocycles. The standard InChI is InChI=1S/C19H27O5P/c1-4-9-15-14-18(20)16-10-7-8-11-17(16)19(15)24-25(21,22-12-5-2)23-13-6-3/h7-8,10-11,14,20H,4-6,9,12-13H2,1-3H3. The number of fused-ring (bicyclic) bond motifs is 1. The average Bonchev–Trinajstić information content (AvgIpc) is 2.62. The molecule has 0 bridgehead atoms. The highest BCUT2D eigenvalue weighted by Crippen LogP contribution is 2.52. The van der Waals surface area contributed by atoms with Crippen molar-refractivity contribution in [3.63, 3.8) is 0 Å². The van der Waals surface area contributed by atoms with Crippen LogP contribution >= 0.6 is 7.82 Å². The van der Waals surface area contributed by atoms with Gasteiger partial charge >= 0.3 is 7.82 Å². The third-order valence-corrected chi connectivity index (χ3v) is 5.08. The Bertz CT molecular complexity index is 732. The van der Waals surface area contributed by atoms with Crippen LogP contribution in [0.1, 0.15) is 45.6 Å². The Hall–Kier alpha value is -1.55. The molecule has 0 fully saturated rings. The summed E-state index contributed by atoms with van der Waals surface area (Å²) in [5.74, 6) is 0.649. The molecule has 0 heterocycles. The van der Waals surface area contributed by atoms with Crippen LogP contribution in [-0.2, 0) is 20.0 Å². The Kier molecular flexibility index (Phi) is 7.30. The minimum absolute atomic E-state index is 0.185. The quantitative estimate of drug-likeness (QED) is 0.535. The van der Waals surface area contributed by atoms with E-state index in [1.165, 1.54) is 0 Å². The van der Waals surface area contributed by atoms with E-state index in [1.54, 1.807) is 12.1 Å². The van der Waals surface area contributed by atoms with Crippen molar-refractivity contribution in [1.29, 1.82) is 0 Å². The SMILES string of the molecule is CCCOP(=O)(OCCC)Oc1c(CCC)cc(O)c2ccccc12. The molecule has 2 aromatic carbocycles. The van der Waals surface area contributed by atoms with Gasteiger partial charge in [-0.05, 0) is 30.9 Å². The van der Waals surface area contributed by atoms with Gasteiger partial charge in [-0.2, -0.15) is 0 Å². The molecule has 5 nitrogen and oxygen atoms in total. The molecule has 0 saturated carbocycles. The van der Waals surface area contributed by atoms with Gasteiger partial charge < -0.3 is 9.63 Å². The first-order valence-electron chi connectivity index (χ1n) is 8.86. The summed E-state index contributed by atoms with van der Waals surface area (Å²) in [6, 6.07) is 9.01. The van der Waals surface area contributed by atoms with Gasteiger partial charge in [0.15, 0.2) is 0 Å². The summed E-state index contributed by atoms with van der Waals surface area (Å²) in [5.41, 5.74) is 0.791. The Balaban J connectivity index is 2.50. The second-order valence-corrected chi connectivity index (χ2v) is 7.48. The maximum absolute atomic E-state index is 13.1. The molecule has 0 atom stereocenters. The summed E-state index contributed by atoms with van der Waals surface area (Å²) in [6.07, 6.45) is 2.97. The number of hydrogen-bond donors (Lipinski definition) is 1. The molecule has 25 heavy (non-hydrogen) atoms. The fourth-order valence-corrected chi connectivity index (χ4v) is 3.99. The van der Waals surface area contributed by atoms with Crippen LogP contribution in [0.4, 0.5) is 0 Å². The first-order chi connectivity index (χ1) is 12.0. The van der Waals surface area contributed by atoms with E-state index in [0.29, 0.717) is 49.0 Å². The lowest BCUT2D eigenvalue weighted by molar-refractivity contribution is 0.155. The van der Waals surface area contributed by atoms with E-state index in [4.69, 9.17) is 13.6 Å². The van der Waals surface area contributed by atoms with Crippen LogP contribution in [0.2, 0.25) is 0 Å². The lowest BCUT2D eigenvalue weighted by Crippen LogP contribution is -2.06. The summed E-state index contributed by atoms with van der Waals surface area (Å²) < 4.78 is 29.8. The van der Waals surface area contributed by atoms with Gasteiger partial charge in [-0.15, -0.1) is 0 Å². The van der Waals surface area contributed by atoms with Crippen molar-refractivity contribution in [3.8, 4) is 11.5 Å². The summed E-state index contributed by atoms with van der Waals surface area (Å²) in [7, 11) is -3.73. The average molecular weight is 366 g/mol. The number of phenols is 1. The van der Waals surface area contributed by atoms with Crippen molar-refractivity contribution in [2.45, 2.75) is 46.5 Å². The molecule has 0 aliphatic rings. The molecule has 0 saturated heterocycles. The number of benzene rings is 2. The van der Waals surface area contributed by atoms with Crippen LogP contribution in [0, 0.1) is 0 Å². The van der Waals surface area contributed by atoms with Crippen molar-refractivity contribution >= 4 is 18.6 Å². The van der Waals surface area contributed by atoms with Gasteiger partial charge in [-0.3, -0.25) is 9.05 Å². The number of phenolic OH excluding ortho intramolecular Hbond substituents is 1. The summed E-state index contributed by atoms with van der Waals surface area (Å²) in [5, 5.41) is 11.6. The van der Waals surface area contributed by atoms with Gasteiger partial charge in [-0.25, -0.2) is 4.57 Å². The predicted octanol–water partition coefficient (Wildman–Crippen LogP) is 5.84. The molecule has 0 amide bonds. The molecule has 2 aromatic rings. The van der Waals surface area contributed by atoms with Crippen LogP contribution < -0.4 is 4.52 Å². The molecule has 1 N–H and O–H groups in total. The first kappa shape index (κ1) is 19.8. The lowest BCUT2D eigenvalue weighted by atomic mass is 10.0. The fourth-order valence-electron chi connectivity index (χ4n) is 2.56. The van der Waals surface area contributed by atoms with E-state index in [1.807, 2.05) is 39.0 Å². The molecule has 0 unspecified atom stereocenters. The van der Waals surface area contributed by atoms with E-state index in [-0.39, 0.29) is 5.75 Å². The summed E-state index contributed by atoms with van der Waals surface area (Å²) in [6.45, 7) is 6.49. The van der Waals surface area contributed by atoms with Crippen molar-refractivity contribution in [3.05, 3.63) is 35.9 Å². The Morgan fingerprint density at radius 1 is 0.960 bits per heavy atom. The smallest absolute Gasteiger partial charge is 0.507 e. The molecule has 0 radical (unpaired) electrons. The number of aryl methyl sites for hydroxylation is 1. The van der Waals surface area contributed by atoms with Gasteiger partial charge in [0.25, 0.3) is 0 Å². The zero-order valence-corrected chi connectivity index (χ0v) is 16.1. The normalized spacial score (nSPS) is 11.8. The van der Waals surface area contributed by atoms with Crippen LogP contribution in [0.3, 0.4) is 0 Å². The topological polar surface area (TPSA) is 65.0 Å². The number of rotatable bonds is 10.